The summed E-state index contributed by atoms with van der Waals surface area (Å²) in [4.78, 5) is 0. The van der Waals surface area contributed by atoms with E-state index >= 15 is 0 Å². The second kappa shape index (κ2) is 5.29. The predicted molar refractivity (Wildman–Crippen MR) is 59.6 cm³/mol. The molecule has 0 unspecified atom stereocenters. The summed E-state index contributed by atoms with van der Waals surface area (Å²) in [6.45, 7) is 3.58. The van der Waals surface area contributed by atoms with Crippen molar-refractivity contribution in [1.29, 1.82) is 0 Å². The van der Waals surface area contributed by atoms with Crippen LogP contribution in [-0.4, -0.2) is 19.5 Å². The Balaban J connectivity index is 1.82. The first-order valence-corrected chi connectivity index (χ1v) is 5.65. The molecule has 0 N–H and O–H groups in total. The summed E-state index contributed by atoms with van der Waals surface area (Å²) in [6, 6.07) is 10.6. The summed E-state index contributed by atoms with van der Waals surface area (Å²) in [6.07, 6.45) is 2.16. The molecule has 1 aliphatic heterocycles. The topological polar surface area (TPSA) is 18.5 Å². The van der Waals surface area contributed by atoms with Crippen molar-refractivity contribution in [2.24, 2.45) is 5.92 Å². The number of ether oxygens (including phenoxy) is 2. The van der Waals surface area contributed by atoms with Crippen LogP contribution in [0, 0.1) is 5.92 Å². The zero-order valence-corrected chi connectivity index (χ0v) is 9.19. The fourth-order valence-electron chi connectivity index (χ4n) is 2.04. The van der Waals surface area contributed by atoms with Gasteiger partial charge in [-0.25, -0.2) is 0 Å². The van der Waals surface area contributed by atoms with Crippen LogP contribution in [0.5, 0.6) is 0 Å². The lowest BCUT2D eigenvalue weighted by molar-refractivity contribution is -0.106. The van der Waals surface area contributed by atoms with Crippen molar-refractivity contribution >= 4 is 0 Å². The Labute approximate surface area is 91.2 Å². The third-order valence-electron chi connectivity index (χ3n) is 2.76. The second-order valence-corrected chi connectivity index (χ2v) is 4.01. The quantitative estimate of drug-likeness (QED) is 0.754. The van der Waals surface area contributed by atoms with Crippen molar-refractivity contribution in [3.05, 3.63) is 35.9 Å². The van der Waals surface area contributed by atoms with Crippen LogP contribution < -0.4 is 0 Å². The standard InChI is InChI=1S/C13H18O2/c1-2-14-13-9-12(10-15-13)8-11-6-4-3-5-7-11/h3-7,12-13H,2,8-10H2,1H3/t12-,13+/m0/s1. The molecule has 0 saturated carbocycles. The molecule has 2 atom stereocenters. The predicted octanol–water partition coefficient (Wildman–Crippen LogP) is 2.63. The number of rotatable bonds is 4. The Morgan fingerprint density at radius 1 is 1.33 bits per heavy atom. The van der Waals surface area contributed by atoms with E-state index in [1.54, 1.807) is 0 Å². The molecule has 2 rings (SSSR count). The molecule has 2 heteroatoms. The smallest absolute Gasteiger partial charge is 0.157 e. The molecule has 0 aromatic heterocycles. The van der Waals surface area contributed by atoms with Crippen molar-refractivity contribution in [2.75, 3.05) is 13.2 Å². The first kappa shape index (κ1) is 10.7. The summed E-state index contributed by atoms with van der Waals surface area (Å²) in [5.74, 6) is 0.615. The van der Waals surface area contributed by atoms with Gasteiger partial charge in [-0.15, -0.1) is 0 Å². The van der Waals surface area contributed by atoms with Crippen LogP contribution >= 0.6 is 0 Å². The van der Waals surface area contributed by atoms with E-state index in [2.05, 4.69) is 30.3 Å². The minimum Gasteiger partial charge on any atom is -0.353 e. The van der Waals surface area contributed by atoms with Gasteiger partial charge in [0.15, 0.2) is 6.29 Å². The number of hydrogen-bond acceptors (Lipinski definition) is 2. The van der Waals surface area contributed by atoms with Gasteiger partial charge < -0.3 is 9.47 Å². The maximum atomic E-state index is 5.56. The van der Waals surface area contributed by atoms with Crippen LogP contribution in [0.3, 0.4) is 0 Å². The van der Waals surface area contributed by atoms with E-state index in [9.17, 15) is 0 Å². The molecule has 1 aromatic rings. The second-order valence-electron chi connectivity index (χ2n) is 4.01. The van der Waals surface area contributed by atoms with Gasteiger partial charge >= 0.3 is 0 Å². The van der Waals surface area contributed by atoms with E-state index < -0.39 is 0 Å². The maximum Gasteiger partial charge on any atom is 0.157 e. The van der Waals surface area contributed by atoms with Gasteiger partial charge in [0.1, 0.15) is 0 Å². The molecule has 82 valence electrons. The zero-order chi connectivity index (χ0) is 10.5. The molecule has 15 heavy (non-hydrogen) atoms. The number of benzene rings is 1. The van der Waals surface area contributed by atoms with Gasteiger partial charge in [-0.2, -0.15) is 0 Å². The van der Waals surface area contributed by atoms with Gasteiger partial charge in [0.05, 0.1) is 6.61 Å². The van der Waals surface area contributed by atoms with Gasteiger partial charge in [0.25, 0.3) is 0 Å². The molecular formula is C13H18O2. The van der Waals surface area contributed by atoms with Crippen molar-refractivity contribution in [3.63, 3.8) is 0 Å². The van der Waals surface area contributed by atoms with E-state index in [1.165, 1.54) is 5.56 Å². The molecule has 1 aliphatic rings. The Hall–Kier alpha value is -0.860. The normalized spacial score (nSPS) is 25.7. The summed E-state index contributed by atoms with van der Waals surface area (Å²) >= 11 is 0. The van der Waals surface area contributed by atoms with Crippen LogP contribution in [0.1, 0.15) is 18.9 Å². The van der Waals surface area contributed by atoms with Crippen LogP contribution in [-0.2, 0) is 15.9 Å². The lowest BCUT2D eigenvalue weighted by Crippen LogP contribution is -2.10. The molecule has 2 nitrogen and oxygen atoms in total. The highest BCUT2D eigenvalue weighted by Crippen LogP contribution is 2.23. The van der Waals surface area contributed by atoms with Crippen molar-refractivity contribution in [1.82, 2.24) is 0 Å². The molecule has 1 fully saturated rings. The van der Waals surface area contributed by atoms with Crippen molar-refractivity contribution in [3.8, 4) is 0 Å². The largest absolute Gasteiger partial charge is 0.353 e. The van der Waals surface area contributed by atoms with Gasteiger partial charge in [0.2, 0.25) is 0 Å². The van der Waals surface area contributed by atoms with Gasteiger partial charge in [-0.3, -0.25) is 0 Å². The highest BCUT2D eigenvalue weighted by molar-refractivity contribution is 5.15. The summed E-state index contributed by atoms with van der Waals surface area (Å²) in [5, 5.41) is 0. The monoisotopic (exact) mass is 206 g/mol. The van der Waals surface area contributed by atoms with Crippen LogP contribution in [0.4, 0.5) is 0 Å². The van der Waals surface area contributed by atoms with Crippen LogP contribution in [0.25, 0.3) is 0 Å². The Bertz CT molecular complexity index is 284. The molecule has 1 heterocycles. The minimum atomic E-state index is 0.0312. The highest BCUT2D eigenvalue weighted by atomic mass is 16.7. The van der Waals surface area contributed by atoms with E-state index in [-0.39, 0.29) is 6.29 Å². The van der Waals surface area contributed by atoms with E-state index in [1.807, 2.05) is 6.92 Å². The molecule has 0 radical (unpaired) electrons. The van der Waals surface area contributed by atoms with Gasteiger partial charge in [0, 0.05) is 13.0 Å². The minimum absolute atomic E-state index is 0.0312. The first-order chi connectivity index (χ1) is 7.38. The summed E-state index contributed by atoms with van der Waals surface area (Å²) < 4.78 is 11.0. The third-order valence-corrected chi connectivity index (χ3v) is 2.76. The van der Waals surface area contributed by atoms with E-state index in [0.717, 1.165) is 26.1 Å². The maximum absolute atomic E-state index is 5.56. The van der Waals surface area contributed by atoms with Crippen LogP contribution in [0.15, 0.2) is 30.3 Å². The Kier molecular flexibility index (Phi) is 3.75. The Morgan fingerprint density at radius 3 is 2.87 bits per heavy atom. The van der Waals surface area contributed by atoms with Crippen molar-refractivity contribution < 1.29 is 9.47 Å². The summed E-state index contributed by atoms with van der Waals surface area (Å²) in [7, 11) is 0. The SMILES string of the molecule is CCO[C@H]1C[C@H](Cc2ccccc2)CO1. The molecule has 0 amide bonds. The fourth-order valence-corrected chi connectivity index (χ4v) is 2.04. The van der Waals surface area contributed by atoms with Crippen LogP contribution in [0.2, 0.25) is 0 Å². The first-order valence-electron chi connectivity index (χ1n) is 5.65. The average molecular weight is 206 g/mol. The number of hydrogen-bond donors (Lipinski definition) is 0. The molecule has 1 aromatic carbocycles. The lowest BCUT2D eigenvalue weighted by Gasteiger charge is -2.09. The van der Waals surface area contributed by atoms with Gasteiger partial charge in [-0.05, 0) is 24.8 Å². The lowest BCUT2D eigenvalue weighted by atomic mass is 9.98. The fraction of sp³-hybridized carbons (Fsp3) is 0.538. The van der Waals surface area contributed by atoms with E-state index in [4.69, 9.17) is 9.47 Å². The zero-order valence-electron chi connectivity index (χ0n) is 9.19. The molecule has 1 saturated heterocycles. The van der Waals surface area contributed by atoms with E-state index in [0.29, 0.717) is 5.92 Å². The van der Waals surface area contributed by atoms with Gasteiger partial charge in [-0.1, -0.05) is 30.3 Å². The average Bonchev–Trinajstić information content (AvgIpc) is 2.68. The third kappa shape index (κ3) is 3.05. The highest BCUT2D eigenvalue weighted by Gasteiger charge is 2.25. The van der Waals surface area contributed by atoms with Crippen molar-refractivity contribution in [2.45, 2.75) is 26.1 Å². The summed E-state index contributed by atoms with van der Waals surface area (Å²) in [5.41, 5.74) is 1.39. The molecular weight excluding hydrogens is 188 g/mol. The molecule has 0 spiro atoms. The Morgan fingerprint density at radius 2 is 2.13 bits per heavy atom. The molecule has 0 aliphatic carbocycles. The molecule has 0 bridgehead atoms.